The Balaban J connectivity index is 2.14. The van der Waals surface area contributed by atoms with Crippen molar-refractivity contribution in [2.24, 2.45) is 0 Å². The van der Waals surface area contributed by atoms with Crippen molar-refractivity contribution in [3.63, 3.8) is 0 Å². The van der Waals surface area contributed by atoms with Crippen molar-refractivity contribution in [2.45, 2.75) is 18.7 Å². The lowest BCUT2D eigenvalue weighted by atomic mass is 10.1. The van der Waals surface area contributed by atoms with E-state index < -0.39 is 0 Å². The first-order chi connectivity index (χ1) is 8.06. The molecule has 1 unspecified atom stereocenters. The Kier molecular flexibility index (Phi) is 4.23. The van der Waals surface area contributed by atoms with Crippen LogP contribution in [0.4, 0.5) is 4.39 Å². The quantitative estimate of drug-likeness (QED) is 0.652. The van der Waals surface area contributed by atoms with Crippen LogP contribution < -0.4 is 0 Å². The molecule has 2 aromatic rings. The van der Waals surface area contributed by atoms with Crippen LogP contribution in [0.15, 0.2) is 34.1 Å². The Hall–Kier alpha value is -0.380. The second-order valence-corrected chi connectivity index (χ2v) is 6.84. The summed E-state index contributed by atoms with van der Waals surface area (Å²) in [5, 5.41) is -0.105. The number of hydrogen-bond acceptors (Lipinski definition) is 1. The van der Waals surface area contributed by atoms with Gasteiger partial charge in [-0.15, -0.1) is 22.9 Å². The third-order valence-electron chi connectivity index (χ3n) is 2.49. The molecule has 0 N–H and O–H groups in total. The van der Waals surface area contributed by atoms with Crippen molar-refractivity contribution in [1.82, 2.24) is 0 Å². The molecule has 0 fully saturated rings. The number of thiophene rings is 1. The van der Waals surface area contributed by atoms with Gasteiger partial charge in [-0.25, -0.2) is 4.39 Å². The van der Waals surface area contributed by atoms with Gasteiger partial charge in [0, 0.05) is 4.88 Å². The highest BCUT2D eigenvalue weighted by Gasteiger charge is 2.13. The van der Waals surface area contributed by atoms with E-state index >= 15 is 0 Å². The number of alkyl halides is 1. The molecule has 1 aromatic heterocycles. The molecular formula is C13H11BrClFS. The van der Waals surface area contributed by atoms with E-state index in [1.807, 2.05) is 13.0 Å². The van der Waals surface area contributed by atoms with Gasteiger partial charge in [0.15, 0.2) is 0 Å². The number of benzene rings is 1. The van der Waals surface area contributed by atoms with Crippen LogP contribution in [0, 0.1) is 12.7 Å². The van der Waals surface area contributed by atoms with E-state index in [0.29, 0.717) is 6.42 Å². The number of halogens is 3. The van der Waals surface area contributed by atoms with E-state index in [4.69, 9.17) is 11.6 Å². The fourth-order valence-corrected chi connectivity index (χ4v) is 3.53. The molecule has 0 bridgehead atoms. The summed E-state index contributed by atoms with van der Waals surface area (Å²) < 4.78 is 14.1. The maximum Gasteiger partial charge on any atom is 0.123 e. The van der Waals surface area contributed by atoms with Crippen LogP contribution in [0.25, 0.3) is 0 Å². The number of hydrogen-bond donors (Lipinski definition) is 0. The largest absolute Gasteiger partial charge is 0.207 e. The lowest BCUT2D eigenvalue weighted by molar-refractivity contribution is 0.625. The Labute approximate surface area is 118 Å². The summed E-state index contributed by atoms with van der Waals surface area (Å²) in [4.78, 5) is 1.11. The molecular weight excluding hydrogens is 323 g/mol. The predicted octanol–water partition coefficient (Wildman–Crippen LogP) is 5.48. The zero-order valence-electron chi connectivity index (χ0n) is 9.21. The fraction of sp³-hybridized carbons (Fsp3) is 0.231. The molecule has 0 saturated heterocycles. The van der Waals surface area contributed by atoms with Crippen molar-refractivity contribution in [3.8, 4) is 0 Å². The van der Waals surface area contributed by atoms with Gasteiger partial charge in [0.25, 0.3) is 0 Å². The maximum atomic E-state index is 13.0. The van der Waals surface area contributed by atoms with Gasteiger partial charge in [-0.3, -0.25) is 0 Å². The number of aryl methyl sites for hydroxylation is 1. The van der Waals surface area contributed by atoms with E-state index in [1.54, 1.807) is 17.4 Å². The molecule has 1 atom stereocenters. The molecule has 0 amide bonds. The first kappa shape index (κ1) is 13.1. The molecule has 1 heterocycles. The molecule has 1 aromatic carbocycles. The van der Waals surface area contributed by atoms with E-state index in [-0.39, 0.29) is 11.2 Å². The first-order valence-corrected chi connectivity index (χ1v) is 7.25. The second kappa shape index (κ2) is 5.51. The van der Waals surface area contributed by atoms with Crippen molar-refractivity contribution in [1.29, 1.82) is 0 Å². The van der Waals surface area contributed by atoms with Gasteiger partial charge < -0.3 is 0 Å². The van der Waals surface area contributed by atoms with Gasteiger partial charge in [0.2, 0.25) is 0 Å². The molecule has 0 aliphatic heterocycles. The average molecular weight is 334 g/mol. The van der Waals surface area contributed by atoms with Crippen molar-refractivity contribution in [3.05, 3.63) is 55.9 Å². The van der Waals surface area contributed by atoms with Crippen LogP contribution in [-0.2, 0) is 6.42 Å². The Morgan fingerprint density at radius 3 is 2.76 bits per heavy atom. The van der Waals surface area contributed by atoms with Gasteiger partial charge in [-0.1, -0.05) is 12.1 Å². The van der Waals surface area contributed by atoms with Crippen LogP contribution >= 0.6 is 38.9 Å². The number of rotatable bonds is 3. The second-order valence-electron chi connectivity index (χ2n) is 3.91. The van der Waals surface area contributed by atoms with Crippen LogP contribution in [0.3, 0.4) is 0 Å². The maximum absolute atomic E-state index is 13.0. The van der Waals surface area contributed by atoms with Crippen LogP contribution in [0.5, 0.6) is 0 Å². The topological polar surface area (TPSA) is 0 Å². The predicted molar refractivity (Wildman–Crippen MR) is 75.5 cm³/mol. The van der Waals surface area contributed by atoms with Gasteiger partial charge in [0.05, 0.1) is 9.16 Å². The zero-order valence-corrected chi connectivity index (χ0v) is 12.4. The molecule has 0 nitrogen and oxygen atoms in total. The summed E-state index contributed by atoms with van der Waals surface area (Å²) in [5.41, 5.74) is 2.11. The van der Waals surface area contributed by atoms with Gasteiger partial charge in [0.1, 0.15) is 5.82 Å². The SMILES string of the molecule is Cc1cc(C(Cl)Cc2cccc(F)c2)sc1Br. The highest BCUT2D eigenvalue weighted by atomic mass is 79.9. The van der Waals surface area contributed by atoms with Crippen molar-refractivity contribution >= 4 is 38.9 Å². The summed E-state index contributed by atoms with van der Waals surface area (Å²) in [6, 6.07) is 8.66. The zero-order chi connectivity index (χ0) is 12.4. The average Bonchev–Trinajstić information content (AvgIpc) is 2.59. The van der Waals surface area contributed by atoms with E-state index in [0.717, 1.165) is 14.2 Å². The first-order valence-electron chi connectivity index (χ1n) is 5.20. The summed E-state index contributed by atoms with van der Waals surface area (Å²) in [7, 11) is 0. The smallest absolute Gasteiger partial charge is 0.123 e. The normalized spacial score (nSPS) is 12.7. The van der Waals surface area contributed by atoms with Crippen LogP contribution in [-0.4, -0.2) is 0 Å². The Morgan fingerprint density at radius 1 is 1.41 bits per heavy atom. The molecule has 0 aliphatic rings. The minimum atomic E-state index is -0.213. The van der Waals surface area contributed by atoms with Crippen molar-refractivity contribution < 1.29 is 4.39 Å². The van der Waals surface area contributed by atoms with E-state index in [9.17, 15) is 4.39 Å². The van der Waals surface area contributed by atoms with Gasteiger partial charge in [-0.05, 0) is 58.6 Å². The molecule has 0 radical (unpaired) electrons. The Bertz CT molecular complexity index is 504. The van der Waals surface area contributed by atoms with Gasteiger partial charge >= 0.3 is 0 Å². The summed E-state index contributed by atoms with van der Waals surface area (Å²) in [6.45, 7) is 2.04. The van der Waals surface area contributed by atoms with Gasteiger partial charge in [-0.2, -0.15) is 0 Å². The molecule has 0 aliphatic carbocycles. The molecule has 4 heteroatoms. The fourth-order valence-electron chi connectivity index (χ4n) is 1.61. The third kappa shape index (κ3) is 3.30. The minimum Gasteiger partial charge on any atom is -0.207 e. The monoisotopic (exact) mass is 332 g/mol. The van der Waals surface area contributed by atoms with E-state index in [1.165, 1.54) is 17.7 Å². The summed E-state index contributed by atoms with van der Waals surface area (Å²) in [5.74, 6) is -0.213. The standard InChI is InChI=1S/C13H11BrClFS/c1-8-5-12(17-13(8)14)11(15)7-9-3-2-4-10(16)6-9/h2-6,11H,7H2,1H3. The molecule has 0 spiro atoms. The lowest BCUT2D eigenvalue weighted by Gasteiger charge is -2.07. The summed E-state index contributed by atoms with van der Waals surface area (Å²) >= 11 is 11.5. The molecule has 0 saturated carbocycles. The molecule has 2 rings (SSSR count). The lowest BCUT2D eigenvalue weighted by Crippen LogP contribution is -1.93. The van der Waals surface area contributed by atoms with Crippen LogP contribution in [0.1, 0.15) is 21.4 Å². The van der Waals surface area contributed by atoms with Crippen LogP contribution in [0.2, 0.25) is 0 Å². The molecule has 17 heavy (non-hydrogen) atoms. The highest BCUT2D eigenvalue weighted by molar-refractivity contribution is 9.11. The van der Waals surface area contributed by atoms with Crippen molar-refractivity contribution in [2.75, 3.05) is 0 Å². The van der Waals surface area contributed by atoms with E-state index in [2.05, 4.69) is 22.0 Å². The highest BCUT2D eigenvalue weighted by Crippen LogP contribution is 2.35. The summed E-state index contributed by atoms with van der Waals surface area (Å²) in [6.07, 6.45) is 0.645. The Morgan fingerprint density at radius 2 is 2.18 bits per heavy atom. The third-order valence-corrected chi connectivity index (χ3v) is 5.26. The minimum absolute atomic E-state index is 0.105. The molecule has 90 valence electrons.